The van der Waals surface area contributed by atoms with Crippen molar-refractivity contribution in [3.05, 3.63) is 18.1 Å². The Hall–Kier alpha value is -1.12. The number of anilines is 1. The zero-order valence-corrected chi connectivity index (χ0v) is 7.83. The first-order valence-corrected chi connectivity index (χ1v) is 4.04. The topological polar surface area (TPSA) is 51.8 Å². The highest BCUT2D eigenvalue weighted by atomic mass is 14.9. The van der Waals surface area contributed by atoms with Crippen LogP contribution in [0.2, 0.25) is 0 Å². The lowest BCUT2D eigenvalue weighted by Gasteiger charge is -2.16. The monoisotopic (exact) mass is 165 g/mol. The quantitative estimate of drug-likeness (QED) is 0.688. The Morgan fingerprint density at radius 1 is 1.25 bits per heavy atom. The highest BCUT2D eigenvalue weighted by Gasteiger charge is 2.11. The molecule has 0 unspecified atom stereocenters. The van der Waals surface area contributed by atoms with Gasteiger partial charge in [0, 0.05) is 0 Å². The van der Waals surface area contributed by atoms with Crippen molar-refractivity contribution in [2.45, 2.75) is 27.2 Å². The van der Waals surface area contributed by atoms with E-state index in [1.54, 1.807) is 12.4 Å². The van der Waals surface area contributed by atoms with Crippen molar-refractivity contribution in [3.8, 4) is 0 Å². The molecule has 3 nitrogen and oxygen atoms in total. The van der Waals surface area contributed by atoms with Crippen molar-refractivity contribution in [2.75, 3.05) is 5.73 Å². The van der Waals surface area contributed by atoms with Gasteiger partial charge in [-0.3, -0.25) is 4.98 Å². The van der Waals surface area contributed by atoms with Gasteiger partial charge in [-0.2, -0.15) is 0 Å². The van der Waals surface area contributed by atoms with Crippen LogP contribution in [-0.2, 0) is 6.42 Å². The Bertz CT molecular complexity index is 245. The summed E-state index contributed by atoms with van der Waals surface area (Å²) in [5.74, 6) is 0.479. The van der Waals surface area contributed by atoms with Crippen LogP contribution < -0.4 is 5.73 Å². The number of aromatic nitrogens is 2. The molecule has 0 saturated carbocycles. The second-order valence-electron chi connectivity index (χ2n) is 4.17. The number of hydrogen-bond donors (Lipinski definition) is 1. The zero-order chi connectivity index (χ0) is 9.19. The first-order chi connectivity index (χ1) is 5.47. The first kappa shape index (κ1) is 8.97. The third-order valence-corrected chi connectivity index (χ3v) is 1.44. The lowest BCUT2D eigenvalue weighted by molar-refractivity contribution is 0.406. The van der Waals surface area contributed by atoms with Crippen molar-refractivity contribution in [2.24, 2.45) is 5.41 Å². The molecule has 3 heteroatoms. The van der Waals surface area contributed by atoms with E-state index in [2.05, 4.69) is 30.7 Å². The summed E-state index contributed by atoms with van der Waals surface area (Å²) in [7, 11) is 0. The molecule has 0 atom stereocenters. The molecule has 0 saturated heterocycles. The van der Waals surface area contributed by atoms with E-state index in [1.165, 1.54) is 0 Å². The van der Waals surface area contributed by atoms with Crippen molar-refractivity contribution in [1.29, 1.82) is 0 Å². The Balaban J connectivity index is 2.71. The number of nitrogens with two attached hydrogens (primary N) is 1. The molecule has 0 radical (unpaired) electrons. The molecule has 1 aromatic heterocycles. The van der Waals surface area contributed by atoms with E-state index in [0.29, 0.717) is 5.82 Å². The normalized spacial score (nSPS) is 11.6. The maximum absolute atomic E-state index is 5.42. The van der Waals surface area contributed by atoms with E-state index < -0.39 is 0 Å². The van der Waals surface area contributed by atoms with Gasteiger partial charge < -0.3 is 5.73 Å². The molecule has 66 valence electrons. The maximum atomic E-state index is 5.42. The molecule has 1 aromatic rings. The summed E-state index contributed by atoms with van der Waals surface area (Å²) in [5, 5.41) is 0. The van der Waals surface area contributed by atoms with Crippen LogP contribution >= 0.6 is 0 Å². The number of nitrogens with zero attached hydrogens (tertiary/aromatic N) is 2. The zero-order valence-electron chi connectivity index (χ0n) is 7.83. The molecule has 0 spiro atoms. The minimum Gasteiger partial charge on any atom is -0.382 e. The molecular weight excluding hydrogens is 150 g/mol. The summed E-state index contributed by atoms with van der Waals surface area (Å²) in [5.41, 5.74) is 6.67. The summed E-state index contributed by atoms with van der Waals surface area (Å²) >= 11 is 0. The number of nitrogen functional groups attached to an aromatic ring is 1. The van der Waals surface area contributed by atoms with Crippen molar-refractivity contribution < 1.29 is 0 Å². The van der Waals surface area contributed by atoms with Gasteiger partial charge in [0.05, 0.1) is 18.1 Å². The van der Waals surface area contributed by atoms with E-state index in [1.807, 2.05) is 0 Å². The van der Waals surface area contributed by atoms with Crippen LogP contribution in [0.4, 0.5) is 5.82 Å². The molecule has 0 bridgehead atoms. The second-order valence-corrected chi connectivity index (χ2v) is 4.17. The molecule has 0 fully saturated rings. The lowest BCUT2D eigenvalue weighted by Crippen LogP contribution is -2.10. The molecule has 0 aliphatic carbocycles. The fourth-order valence-corrected chi connectivity index (χ4v) is 0.999. The van der Waals surface area contributed by atoms with Gasteiger partial charge in [-0.1, -0.05) is 20.8 Å². The molecule has 0 aromatic carbocycles. The molecule has 1 rings (SSSR count). The van der Waals surface area contributed by atoms with Crippen LogP contribution in [-0.4, -0.2) is 9.97 Å². The van der Waals surface area contributed by atoms with E-state index >= 15 is 0 Å². The largest absolute Gasteiger partial charge is 0.382 e. The fraction of sp³-hybridized carbons (Fsp3) is 0.556. The maximum Gasteiger partial charge on any atom is 0.141 e. The van der Waals surface area contributed by atoms with Gasteiger partial charge in [-0.15, -0.1) is 0 Å². The van der Waals surface area contributed by atoms with Crippen molar-refractivity contribution >= 4 is 5.82 Å². The molecule has 12 heavy (non-hydrogen) atoms. The van der Waals surface area contributed by atoms with Crippen LogP contribution in [0.1, 0.15) is 26.5 Å². The summed E-state index contributed by atoms with van der Waals surface area (Å²) < 4.78 is 0. The standard InChI is InChI=1S/C9H15N3/c1-9(2,3)4-7-5-12-8(10)6-11-7/h5-6H,4H2,1-3H3,(H2,10,12). The molecule has 0 aliphatic heterocycles. The Kier molecular flexibility index (Phi) is 2.31. The average Bonchev–Trinajstić information content (AvgIpc) is 1.91. The fourth-order valence-electron chi connectivity index (χ4n) is 0.999. The minimum absolute atomic E-state index is 0.255. The molecule has 0 amide bonds. The van der Waals surface area contributed by atoms with Crippen molar-refractivity contribution in [1.82, 2.24) is 9.97 Å². The highest BCUT2D eigenvalue weighted by Crippen LogP contribution is 2.18. The molecular formula is C9H15N3. The average molecular weight is 165 g/mol. The van der Waals surface area contributed by atoms with E-state index in [-0.39, 0.29) is 5.41 Å². The third-order valence-electron chi connectivity index (χ3n) is 1.44. The van der Waals surface area contributed by atoms with Gasteiger partial charge in [0.25, 0.3) is 0 Å². The summed E-state index contributed by atoms with van der Waals surface area (Å²) in [6.07, 6.45) is 4.27. The lowest BCUT2D eigenvalue weighted by atomic mass is 9.91. The van der Waals surface area contributed by atoms with Gasteiger partial charge in [-0.05, 0) is 11.8 Å². The molecule has 1 heterocycles. The smallest absolute Gasteiger partial charge is 0.141 e. The van der Waals surface area contributed by atoms with Gasteiger partial charge >= 0.3 is 0 Å². The van der Waals surface area contributed by atoms with Crippen LogP contribution in [0.25, 0.3) is 0 Å². The van der Waals surface area contributed by atoms with Crippen LogP contribution in [0, 0.1) is 5.41 Å². The van der Waals surface area contributed by atoms with Crippen molar-refractivity contribution in [3.63, 3.8) is 0 Å². The van der Waals surface area contributed by atoms with Gasteiger partial charge in [0.1, 0.15) is 5.82 Å². The first-order valence-electron chi connectivity index (χ1n) is 4.04. The molecule has 0 aliphatic rings. The van der Waals surface area contributed by atoms with E-state index in [9.17, 15) is 0 Å². The Morgan fingerprint density at radius 2 is 1.92 bits per heavy atom. The van der Waals surface area contributed by atoms with Crippen LogP contribution in [0.15, 0.2) is 12.4 Å². The molecule has 2 N–H and O–H groups in total. The second kappa shape index (κ2) is 3.09. The third kappa shape index (κ3) is 2.86. The van der Waals surface area contributed by atoms with Crippen LogP contribution in [0.5, 0.6) is 0 Å². The predicted octanol–water partition coefficient (Wildman–Crippen LogP) is 1.65. The Morgan fingerprint density at radius 3 is 2.33 bits per heavy atom. The number of hydrogen-bond acceptors (Lipinski definition) is 3. The summed E-state index contributed by atoms with van der Waals surface area (Å²) in [6, 6.07) is 0. The Labute approximate surface area is 73.0 Å². The SMILES string of the molecule is CC(C)(C)Cc1cnc(N)cn1. The predicted molar refractivity (Wildman–Crippen MR) is 49.6 cm³/mol. The minimum atomic E-state index is 0.255. The summed E-state index contributed by atoms with van der Waals surface area (Å²) in [6.45, 7) is 6.51. The van der Waals surface area contributed by atoms with Crippen LogP contribution in [0.3, 0.4) is 0 Å². The summed E-state index contributed by atoms with van der Waals surface area (Å²) in [4.78, 5) is 8.15. The van der Waals surface area contributed by atoms with Gasteiger partial charge in [0.15, 0.2) is 0 Å². The highest BCUT2D eigenvalue weighted by molar-refractivity contribution is 5.22. The number of rotatable bonds is 1. The van der Waals surface area contributed by atoms with E-state index in [4.69, 9.17) is 5.73 Å². The van der Waals surface area contributed by atoms with Gasteiger partial charge in [-0.25, -0.2) is 4.98 Å². The van der Waals surface area contributed by atoms with Gasteiger partial charge in [0.2, 0.25) is 0 Å². The van der Waals surface area contributed by atoms with E-state index in [0.717, 1.165) is 12.1 Å².